The van der Waals surface area contributed by atoms with Gasteiger partial charge in [-0.05, 0) is 72.8 Å². The Bertz CT molecular complexity index is 2390. The lowest BCUT2D eigenvalue weighted by Gasteiger charge is -2.36. The fourth-order valence-corrected chi connectivity index (χ4v) is 10.0. The molecule has 0 unspecified atom stereocenters. The Morgan fingerprint density at radius 2 is 1.75 bits per heavy atom. The number of nitrogens with one attached hydrogen (secondary N) is 3. The number of rotatable bonds is 12. The molecule has 3 heterocycles. The average molecular weight is 911 g/mol. The first-order chi connectivity index (χ1) is 27.6. The number of sulfonamides is 1. The Balaban J connectivity index is 1.35. The highest BCUT2D eigenvalue weighted by atomic mass is 79.9. The maximum atomic E-state index is 14.7. The van der Waals surface area contributed by atoms with Gasteiger partial charge in [0.25, 0.3) is 15.9 Å². The van der Waals surface area contributed by atoms with Gasteiger partial charge >= 0.3 is 6.09 Å². The fraction of sp³-hybridized carbons (Fsp3) is 0.405. The van der Waals surface area contributed by atoms with Gasteiger partial charge in [0.05, 0.1) is 28.7 Å². The van der Waals surface area contributed by atoms with Gasteiger partial charge in [0.15, 0.2) is 0 Å². The molecule has 2 aliphatic rings. The summed E-state index contributed by atoms with van der Waals surface area (Å²) in [6.07, 6.45) is -0.0270. The van der Waals surface area contributed by atoms with Crippen molar-refractivity contribution in [2.75, 3.05) is 13.7 Å². The fourth-order valence-electron chi connectivity index (χ4n) is 6.99. The number of aromatic nitrogens is 1. The molecule has 1 aliphatic carbocycles. The first-order valence-electron chi connectivity index (χ1n) is 18.9. The highest BCUT2D eigenvalue weighted by molar-refractivity contribution is 9.11. The topological polar surface area (TPSA) is 182 Å². The van der Waals surface area contributed by atoms with Crippen LogP contribution >= 0.6 is 27.3 Å². The highest BCUT2D eigenvalue weighted by Gasteiger charge is 2.61. The molecule has 1 aliphatic heterocycles. The van der Waals surface area contributed by atoms with Crippen LogP contribution in [0, 0.1) is 11.3 Å². The smallest absolute Gasteiger partial charge is 0.408 e. The van der Waals surface area contributed by atoms with Gasteiger partial charge in [0.1, 0.15) is 45.0 Å². The second-order valence-electron chi connectivity index (χ2n) is 16.7. The van der Waals surface area contributed by atoms with Crippen LogP contribution in [0.5, 0.6) is 11.5 Å². The molecule has 1 saturated heterocycles. The van der Waals surface area contributed by atoms with E-state index in [0.29, 0.717) is 31.9 Å². The number of likely N-dealkylation sites (tertiary alicyclic amines) is 1. The summed E-state index contributed by atoms with van der Waals surface area (Å²) in [6.45, 7) is 14.2. The number of carbonyl (C=O) groups excluding carboxylic acids is 4. The van der Waals surface area contributed by atoms with Crippen molar-refractivity contribution in [2.24, 2.45) is 11.3 Å². The van der Waals surface area contributed by atoms with Crippen LogP contribution in [-0.4, -0.2) is 85.1 Å². The Morgan fingerprint density at radius 3 is 2.34 bits per heavy atom. The molecule has 2 aromatic carbocycles. The largest absolute Gasteiger partial charge is 0.497 e. The zero-order valence-electron chi connectivity index (χ0n) is 33.8. The van der Waals surface area contributed by atoms with Crippen LogP contribution in [0.1, 0.15) is 54.4 Å². The van der Waals surface area contributed by atoms with Crippen molar-refractivity contribution in [1.82, 2.24) is 25.2 Å². The van der Waals surface area contributed by atoms with Crippen LogP contribution < -0.4 is 24.8 Å². The normalized spacial score (nSPS) is 20.9. The number of hydrogen-bond donors (Lipinski definition) is 3. The van der Waals surface area contributed by atoms with E-state index >= 15 is 0 Å². The predicted octanol–water partition coefficient (Wildman–Crippen LogP) is 6.59. The average Bonchev–Trinajstić information content (AvgIpc) is 3.43. The number of nitrogens with zero attached hydrogens (tertiary/aromatic N) is 2. The molecular formula is C42H48BrN5O9S2. The van der Waals surface area contributed by atoms with E-state index in [2.05, 4.69) is 37.9 Å². The molecule has 4 amide bonds. The quantitative estimate of drug-likeness (QED) is 0.131. The molecule has 4 aromatic rings. The van der Waals surface area contributed by atoms with Crippen LogP contribution in [0.25, 0.3) is 22.2 Å². The third kappa shape index (κ3) is 9.73. The van der Waals surface area contributed by atoms with Crippen molar-refractivity contribution in [1.29, 1.82) is 0 Å². The summed E-state index contributed by atoms with van der Waals surface area (Å²) >= 11 is 4.17. The summed E-state index contributed by atoms with van der Waals surface area (Å²) in [5.41, 5.74) is -1.31. The first kappa shape index (κ1) is 43.6. The van der Waals surface area contributed by atoms with Crippen LogP contribution in [0.2, 0.25) is 0 Å². The molecule has 6 rings (SSSR count). The van der Waals surface area contributed by atoms with E-state index in [9.17, 15) is 27.6 Å². The molecule has 0 radical (unpaired) electrons. The van der Waals surface area contributed by atoms with E-state index < -0.39 is 74.5 Å². The van der Waals surface area contributed by atoms with Crippen molar-refractivity contribution in [3.05, 3.63) is 83.2 Å². The zero-order chi connectivity index (χ0) is 43.1. The van der Waals surface area contributed by atoms with E-state index in [4.69, 9.17) is 19.2 Å². The molecule has 1 saturated carbocycles. The highest BCUT2D eigenvalue weighted by Crippen LogP contribution is 2.45. The lowest BCUT2D eigenvalue weighted by Crippen LogP contribution is -2.60. The minimum absolute atomic E-state index is 0.0144. The number of carbonyl (C=O) groups is 4. The van der Waals surface area contributed by atoms with Gasteiger partial charge in [-0.25, -0.2) is 22.9 Å². The van der Waals surface area contributed by atoms with Gasteiger partial charge in [-0.1, -0.05) is 57.2 Å². The number of fused-ring (bicyclic) bond motifs is 1. The van der Waals surface area contributed by atoms with Crippen molar-refractivity contribution in [3.8, 4) is 22.8 Å². The van der Waals surface area contributed by atoms with Gasteiger partial charge in [0, 0.05) is 35.4 Å². The number of alkyl carbamates (subject to hydrolysis) is 1. The van der Waals surface area contributed by atoms with Crippen LogP contribution in [-0.2, 0) is 29.1 Å². The summed E-state index contributed by atoms with van der Waals surface area (Å²) < 4.78 is 46.7. The molecule has 59 heavy (non-hydrogen) atoms. The Morgan fingerprint density at radius 1 is 1.03 bits per heavy atom. The maximum Gasteiger partial charge on any atom is 0.408 e. The van der Waals surface area contributed by atoms with Gasteiger partial charge in [-0.15, -0.1) is 17.9 Å². The Labute approximate surface area is 356 Å². The number of halogens is 1. The summed E-state index contributed by atoms with van der Waals surface area (Å²) in [6, 6.07) is 17.3. The summed E-state index contributed by atoms with van der Waals surface area (Å²) in [5, 5.41) is 6.19. The van der Waals surface area contributed by atoms with Crippen molar-refractivity contribution in [2.45, 2.75) is 87.9 Å². The second-order valence-corrected chi connectivity index (χ2v) is 21.1. The second kappa shape index (κ2) is 16.6. The molecule has 2 fully saturated rings. The number of pyridine rings is 1. The number of methoxy groups -OCH3 is 1. The third-order valence-corrected chi connectivity index (χ3v) is 13.5. The third-order valence-electron chi connectivity index (χ3n) is 10.1. The minimum Gasteiger partial charge on any atom is -0.497 e. The van der Waals surface area contributed by atoms with Crippen molar-refractivity contribution >= 4 is 72.0 Å². The number of hydrogen-bond acceptors (Lipinski definition) is 11. The molecule has 5 atom stereocenters. The number of benzene rings is 2. The predicted molar refractivity (Wildman–Crippen MR) is 227 cm³/mol. The molecular weight excluding hydrogens is 863 g/mol. The molecule has 14 nitrogen and oxygen atoms in total. The Kier molecular flexibility index (Phi) is 12.2. The first-order valence-corrected chi connectivity index (χ1v) is 22.0. The minimum atomic E-state index is -4.28. The molecule has 0 bridgehead atoms. The van der Waals surface area contributed by atoms with Crippen molar-refractivity contribution < 1.29 is 41.8 Å². The molecule has 2 aromatic heterocycles. The number of ether oxygens (including phenoxy) is 3. The maximum absolute atomic E-state index is 14.7. The summed E-state index contributed by atoms with van der Waals surface area (Å²) in [4.78, 5) is 62.4. The van der Waals surface area contributed by atoms with E-state index in [1.165, 1.54) is 17.0 Å². The molecule has 0 spiro atoms. The Hall–Kier alpha value is -5.00. The number of thiophene rings is 1. The van der Waals surface area contributed by atoms with E-state index in [0.717, 1.165) is 16.9 Å². The van der Waals surface area contributed by atoms with E-state index in [-0.39, 0.29) is 23.6 Å². The van der Waals surface area contributed by atoms with Gasteiger partial charge < -0.3 is 29.7 Å². The lowest BCUT2D eigenvalue weighted by molar-refractivity contribution is -0.143. The van der Waals surface area contributed by atoms with Crippen LogP contribution in [0.15, 0.2) is 87.4 Å². The number of amides is 4. The zero-order valence-corrected chi connectivity index (χ0v) is 37.0. The SMILES string of the molecule is C=C[C@@H]1C[C@]1(NC(=O)[C@@H]1C[C@@H](Oc2cc(-c3ccccc3)nc3cc(OC)ccc23)CN1C(=O)[C@@H](NC(=O)OC(C)(C)C)C(C)(C)C)C(=O)NS(=O)(=O)c1ccc(Br)s1. The van der Waals surface area contributed by atoms with Gasteiger partial charge in [-0.2, -0.15) is 0 Å². The summed E-state index contributed by atoms with van der Waals surface area (Å²) in [7, 11) is -2.72. The van der Waals surface area contributed by atoms with E-state index in [1.54, 1.807) is 72.9 Å². The molecule has 3 N–H and O–H groups in total. The van der Waals surface area contributed by atoms with Crippen molar-refractivity contribution in [3.63, 3.8) is 0 Å². The van der Waals surface area contributed by atoms with Gasteiger partial charge in [0.2, 0.25) is 11.8 Å². The molecule has 17 heteroatoms. The van der Waals surface area contributed by atoms with Gasteiger partial charge in [-0.3, -0.25) is 14.4 Å². The molecule has 314 valence electrons. The van der Waals surface area contributed by atoms with E-state index in [1.807, 2.05) is 36.4 Å². The summed E-state index contributed by atoms with van der Waals surface area (Å²) in [5.74, 6) is -1.78. The van der Waals surface area contributed by atoms with Crippen LogP contribution in [0.4, 0.5) is 4.79 Å². The lowest BCUT2D eigenvalue weighted by atomic mass is 9.85. The monoisotopic (exact) mass is 909 g/mol. The standard InChI is InChI=1S/C42H48BrN5O9S2/c1-9-25-22-42(25,38(51)47-59(53,54)34-18-17-33(43)58-34)46-36(49)31-20-27(23-48(31)37(50)35(40(2,3)4)45-39(52)57-41(5,6)7)56-32-21-29(24-13-11-10-12-14-24)44-30-19-26(55-8)15-16-28(30)32/h9-19,21,25,27,31,35H,1,20,22-23H2,2-8H3,(H,45,52)(H,46,49)(H,47,51)/t25-,27-,31+,35-,42-/m1/s1. The van der Waals surface area contributed by atoms with Crippen LogP contribution in [0.3, 0.4) is 0 Å².